The van der Waals surface area contributed by atoms with Crippen molar-refractivity contribution in [3.8, 4) is 11.5 Å². The molecule has 2 atom stereocenters. The highest BCUT2D eigenvalue weighted by atomic mass is 79.9. The molecule has 0 aliphatic rings. The van der Waals surface area contributed by atoms with Crippen molar-refractivity contribution in [2.75, 3.05) is 13.2 Å². The first-order chi connectivity index (χ1) is 9.04. The Labute approximate surface area is 129 Å². The minimum atomic E-state index is 0.222. The van der Waals surface area contributed by atoms with Crippen LogP contribution in [0.25, 0.3) is 0 Å². The molecular weight excluding hydrogens is 328 g/mol. The molecule has 0 amide bonds. The zero-order valence-electron chi connectivity index (χ0n) is 12.0. The Balaban J connectivity index is 3.15. The maximum Gasteiger partial charge on any atom is 0.162 e. The zero-order valence-corrected chi connectivity index (χ0v) is 14.3. The molecule has 2 unspecified atom stereocenters. The lowest BCUT2D eigenvalue weighted by Gasteiger charge is -2.20. The summed E-state index contributed by atoms with van der Waals surface area (Å²) in [6.45, 7) is 9.49. The Kier molecular flexibility index (Phi) is 7.01. The fourth-order valence-electron chi connectivity index (χ4n) is 1.81. The van der Waals surface area contributed by atoms with Gasteiger partial charge in [0.25, 0.3) is 0 Å². The van der Waals surface area contributed by atoms with Crippen molar-refractivity contribution in [2.24, 2.45) is 5.92 Å². The zero-order chi connectivity index (χ0) is 14.4. The van der Waals surface area contributed by atoms with Crippen molar-refractivity contribution in [1.82, 2.24) is 0 Å². The van der Waals surface area contributed by atoms with E-state index in [9.17, 15) is 0 Å². The van der Waals surface area contributed by atoms with E-state index >= 15 is 0 Å². The van der Waals surface area contributed by atoms with E-state index in [2.05, 4.69) is 29.8 Å². The van der Waals surface area contributed by atoms with E-state index in [4.69, 9.17) is 21.1 Å². The topological polar surface area (TPSA) is 18.5 Å². The monoisotopic (exact) mass is 348 g/mol. The first-order valence-corrected chi connectivity index (χ1v) is 8.07. The summed E-state index contributed by atoms with van der Waals surface area (Å²) in [5.41, 5.74) is 1.06. The van der Waals surface area contributed by atoms with Crippen LogP contribution in [0.15, 0.2) is 12.1 Å². The third-order valence-electron chi connectivity index (χ3n) is 3.10. The Morgan fingerprint density at radius 2 is 1.63 bits per heavy atom. The molecule has 0 spiro atoms. The summed E-state index contributed by atoms with van der Waals surface area (Å²) < 4.78 is 11.2. The van der Waals surface area contributed by atoms with E-state index in [0.717, 1.165) is 17.7 Å². The molecule has 2 nitrogen and oxygen atoms in total. The minimum absolute atomic E-state index is 0.222. The Morgan fingerprint density at radius 3 is 2.11 bits per heavy atom. The molecule has 0 N–H and O–H groups in total. The van der Waals surface area contributed by atoms with Crippen LogP contribution in [0.4, 0.5) is 0 Å². The minimum Gasteiger partial charge on any atom is -0.490 e. The highest BCUT2D eigenvalue weighted by molar-refractivity contribution is 9.09. The van der Waals surface area contributed by atoms with Gasteiger partial charge in [-0.05, 0) is 31.4 Å². The van der Waals surface area contributed by atoms with Crippen LogP contribution in [0.1, 0.15) is 44.5 Å². The van der Waals surface area contributed by atoms with Crippen LogP contribution in [-0.2, 0) is 0 Å². The molecule has 1 aromatic rings. The predicted molar refractivity (Wildman–Crippen MR) is 84.9 cm³/mol. The first kappa shape index (κ1) is 16.6. The van der Waals surface area contributed by atoms with E-state index < -0.39 is 0 Å². The van der Waals surface area contributed by atoms with Crippen LogP contribution >= 0.6 is 27.5 Å². The van der Waals surface area contributed by atoms with Gasteiger partial charge in [-0.1, -0.05) is 47.8 Å². The van der Waals surface area contributed by atoms with Crippen LogP contribution in [0.5, 0.6) is 11.5 Å². The van der Waals surface area contributed by atoms with Crippen LogP contribution in [-0.4, -0.2) is 13.2 Å². The molecule has 0 saturated heterocycles. The van der Waals surface area contributed by atoms with E-state index in [-0.39, 0.29) is 4.83 Å². The van der Waals surface area contributed by atoms with Crippen LogP contribution in [0.2, 0.25) is 5.02 Å². The Morgan fingerprint density at radius 1 is 1.11 bits per heavy atom. The lowest BCUT2D eigenvalue weighted by Crippen LogP contribution is -2.05. The third kappa shape index (κ3) is 4.28. The second-order valence-corrected chi connectivity index (χ2v) is 5.87. The Hall–Kier alpha value is -0.410. The van der Waals surface area contributed by atoms with Crippen LogP contribution < -0.4 is 9.47 Å². The maximum atomic E-state index is 6.37. The van der Waals surface area contributed by atoms with E-state index in [1.54, 1.807) is 0 Å². The summed E-state index contributed by atoms with van der Waals surface area (Å²) in [4.78, 5) is 0.222. The predicted octanol–water partition coefficient (Wildman–Crippen LogP) is 5.62. The van der Waals surface area contributed by atoms with E-state index in [1.165, 1.54) is 0 Å². The van der Waals surface area contributed by atoms with Crippen molar-refractivity contribution in [1.29, 1.82) is 0 Å². The highest BCUT2D eigenvalue weighted by Gasteiger charge is 2.20. The number of hydrogen-bond acceptors (Lipinski definition) is 2. The summed E-state index contributed by atoms with van der Waals surface area (Å²) >= 11 is 10.1. The van der Waals surface area contributed by atoms with E-state index in [1.807, 2.05) is 26.0 Å². The van der Waals surface area contributed by atoms with Gasteiger partial charge >= 0.3 is 0 Å². The summed E-state index contributed by atoms with van der Waals surface area (Å²) in [7, 11) is 0. The third-order valence-corrected chi connectivity index (χ3v) is 4.83. The van der Waals surface area contributed by atoms with Gasteiger partial charge in [-0.2, -0.15) is 0 Å². The molecule has 1 rings (SSSR count). The van der Waals surface area contributed by atoms with Gasteiger partial charge in [0.2, 0.25) is 0 Å². The molecule has 19 heavy (non-hydrogen) atoms. The van der Waals surface area contributed by atoms with Gasteiger partial charge in [-0.15, -0.1) is 0 Å². The summed E-state index contributed by atoms with van der Waals surface area (Å²) in [6.07, 6.45) is 1.09. The van der Waals surface area contributed by atoms with Gasteiger partial charge in [0, 0.05) is 15.9 Å². The molecule has 4 heteroatoms. The van der Waals surface area contributed by atoms with Crippen molar-refractivity contribution in [3.05, 3.63) is 22.7 Å². The number of benzene rings is 1. The lowest BCUT2D eigenvalue weighted by atomic mass is 9.98. The second-order valence-electron chi connectivity index (χ2n) is 4.47. The normalized spacial score (nSPS) is 14.0. The average molecular weight is 350 g/mol. The molecule has 0 radical (unpaired) electrons. The van der Waals surface area contributed by atoms with Crippen molar-refractivity contribution >= 4 is 27.5 Å². The molecular formula is C15H22BrClO2. The molecule has 0 saturated carbocycles. The van der Waals surface area contributed by atoms with Crippen molar-refractivity contribution < 1.29 is 9.47 Å². The highest BCUT2D eigenvalue weighted by Crippen LogP contribution is 2.42. The number of halogens is 2. The molecule has 0 aliphatic carbocycles. The SMILES string of the molecule is CCOc1cc(Cl)c(C(Br)C(C)CC)cc1OCC. The molecule has 108 valence electrons. The van der Waals surface area contributed by atoms with Crippen LogP contribution in [0, 0.1) is 5.92 Å². The van der Waals surface area contributed by atoms with Gasteiger partial charge in [-0.25, -0.2) is 0 Å². The van der Waals surface area contributed by atoms with Crippen molar-refractivity contribution in [3.63, 3.8) is 0 Å². The quantitative estimate of drug-likeness (QED) is 0.595. The maximum absolute atomic E-state index is 6.37. The summed E-state index contributed by atoms with van der Waals surface area (Å²) in [5, 5.41) is 0.717. The molecule has 0 aromatic heterocycles. The van der Waals surface area contributed by atoms with Gasteiger partial charge in [0.05, 0.1) is 13.2 Å². The standard InChI is InChI=1S/C15H22BrClO2/c1-5-10(4)15(16)11-8-13(18-6-2)14(19-7-3)9-12(11)17/h8-10,15H,5-7H2,1-4H3. The first-order valence-electron chi connectivity index (χ1n) is 6.78. The lowest BCUT2D eigenvalue weighted by molar-refractivity contribution is 0.287. The molecule has 1 aromatic carbocycles. The fourth-order valence-corrected chi connectivity index (χ4v) is 2.97. The summed E-state index contributed by atoms with van der Waals surface area (Å²) in [5.74, 6) is 1.98. The Bertz CT molecular complexity index is 409. The number of hydrogen-bond donors (Lipinski definition) is 0. The van der Waals surface area contributed by atoms with Crippen LogP contribution in [0.3, 0.4) is 0 Å². The van der Waals surface area contributed by atoms with Gasteiger partial charge in [-0.3, -0.25) is 0 Å². The second kappa shape index (κ2) is 8.01. The number of rotatable bonds is 7. The van der Waals surface area contributed by atoms with Gasteiger partial charge < -0.3 is 9.47 Å². The molecule has 0 aliphatic heterocycles. The van der Waals surface area contributed by atoms with E-state index in [0.29, 0.717) is 29.9 Å². The van der Waals surface area contributed by atoms with Gasteiger partial charge in [0.15, 0.2) is 11.5 Å². The molecule has 0 bridgehead atoms. The molecule has 0 heterocycles. The number of ether oxygens (including phenoxy) is 2. The van der Waals surface area contributed by atoms with Gasteiger partial charge in [0.1, 0.15) is 0 Å². The average Bonchev–Trinajstić information content (AvgIpc) is 2.40. The summed E-state index contributed by atoms with van der Waals surface area (Å²) in [6, 6.07) is 3.84. The van der Waals surface area contributed by atoms with Crippen molar-refractivity contribution in [2.45, 2.75) is 38.9 Å². The fraction of sp³-hybridized carbons (Fsp3) is 0.600. The smallest absolute Gasteiger partial charge is 0.162 e. The largest absolute Gasteiger partial charge is 0.490 e. The number of alkyl halides is 1. The molecule has 0 fully saturated rings.